The Bertz CT molecular complexity index is 502. The molecule has 0 N–H and O–H groups in total. The maximum atomic E-state index is 11.9. The van der Waals surface area contributed by atoms with E-state index in [1.165, 1.54) is 20.3 Å². The highest BCUT2D eigenvalue weighted by Crippen LogP contribution is 2.14. The van der Waals surface area contributed by atoms with Gasteiger partial charge >= 0.3 is 5.97 Å². The van der Waals surface area contributed by atoms with E-state index in [1.54, 1.807) is 7.11 Å². The fourth-order valence-electron chi connectivity index (χ4n) is 1.75. The van der Waals surface area contributed by atoms with E-state index in [0.717, 1.165) is 11.3 Å². The number of Topliss-reactive ketones (excluding diaryl/α,β-unsaturated/α-hetero) is 1. The minimum absolute atomic E-state index is 0.0768. The first-order valence-corrected chi connectivity index (χ1v) is 6.56. The lowest BCUT2D eigenvalue weighted by molar-refractivity contribution is -0.135. The lowest BCUT2D eigenvalue weighted by Gasteiger charge is -2.06. The van der Waals surface area contributed by atoms with Crippen LogP contribution < -0.4 is 4.74 Å². The first-order valence-electron chi connectivity index (χ1n) is 6.56. The third-order valence-electron chi connectivity index (χ3n) is 2.95. The van der Waals surface area contributed by atoms with Crippen LogP contribution in [0.2, 0.25) is 0 Å². The van der Waals surface area contributed by atoms with E-state index in [2.05, 4.69) is 4.74 Å². The zero-order valence-corrected chi connectivity index (χ0v) is 12.5. The van der Waals surface area contributed by atoms with E-state index in [-0.39, 0.29) is 5.78 Å². The summed E-state index contributed by atoms with van der Waals surface area (Å²) >= 11 is 0. The van der Waals surface area contributed by atoms with Gasteiger partial charge in [0, 0.05) is 19.3 Å². The second-order valence-electron chi connectivity index (χ2n) is 4.40. The average molecular weight is 292 g/mol. The minimum atomic E-state index is -0.491. The zero-order valence-electron chi connectivity index (χ0n) is 12.5. The maximum Gasteiger partial charge on any atom is 0.333 e. The Balaban J connectivity index is 2.49. The molecule has 21 heavy (non-hydrogen) atoms. The second-order valence-corrected chi connectivity index (χ2v) is 4.40. The normalized spacial score (nSPS) is 10.9. The van der Waals surface area contributed by atoms with E-state index >= 15 is 0 Å². The number of carbonyl (C=O) groups excluding carboxylic acids is 2. The van der Waals surface area contributed by atoms with Crippen molar-refractivity contribution in [3.8, 4) is 5.75 Å². The predicted octanol–water partition coefficient (Wildman–Crippen LogP) is 2.29. The highest BCUT2D eigenvalue weighted by molar-refractivity contribution is 5.83. The molecule has 0 fully saturated rings. The van der Waals surface area contributed by atoms with E-state index in [9.17, 15) is 9.59 Å². The van der Waals surface area contributed by atoms with E-state index < -0.39 is 5.97 Å². The molecule has 114 valence electrons. The summed E-state index contributed by atoms with van der Waals surface area (Å²) in [6.45, 7) is 0. The molecule has 5 heteroatoms. The molecule has 0 spiro atoms. The van der Waals surface area contributed by atoms with Crippen LogP contribution >= 0.6 is 0 Å². The smallest absolute Gasteiger partial charge is 0.333 e. The molecule has 1 aromatic carbocycles. The van der Waals surface area contributed by atoms with Crippen LogP contribution in [0.5, 0.6) is 5.75 Å². The monoisotopic (exact) mass is 292 g/mol. The average Bonchev–Trinajstić information content (AvgIpc) is 2.51. The third kappa shape index (κ3) is 6.12. The number of ketones is 1. The summed E-state index contributed by atoms with van der Waals surface area (Å²) in [6.07, 6.45) is 2.28. The van der Waals surface area contributed by atoms with Crippen molar-refractivity contribution in [3.63, 3.8) is 0 Å². The van der Waals surface area contributed by atoms with Crippen molar-refractivity contribution >= 4 is 11.8 Å². The molecule has 0 heterocycles. The zero-order chi connectivity index (χ0) is 15.7. The number of benzene rings is 1. The van der Waals surface area contributed by atoms with Gasteiger partial charge in [-0.2, -0.15) is 0 Å². The molecule has 5 nitrogen and oxygen atoms in total. The van der Waals surface area contributed by atoms with Crippen molar-refractivity contribution in [1.82, 2.24) is 0 Å². The van der Waals surface area contributed by atoms with Crippen molar-refractivity contribution in [2.75, 3.05) is 21.3 Å². The summed E-state index contributed by atoms with van der Waals surface area (Å²) in [5.74, 6) is 0.779. The maximum absolute atomic E-state index is 11.9. The molecule has 0 bridgehead atoms. The number of allylic oxidation sites excluding steroid dienone is 1. The van der Waals surface area contributed by atoms with Crippen LogP contribution in [0.15, 0.2) is 36.1 Å². The van der Waals surface area contributed by atoms with Crippen molar-refractivity contribution < 1.29 is 23.8 Å². The topological polar surface area (TPSA) is 61.8 Å². The van der Waals surface area contributed by atoms with Crippen LogP contribution in [0.1, 0.15) is 18.4 Å². The SMILES string of the molecule is COC(=O)/C=C(\CCC(=O)Cc1ccc(OC)cc1)OC. The number of carbonyl (C=O) groups is 2. The summed E-state index contributed by atoms with van der Waals surface area (Å²) < 4.78 is 14.6. The van der Waals surface area contributed by atoms with Gasteiger partial charge in [-0.05, 0) is 17.7 Å². The number of ether oxygens (including phenoxy) is 3. The number of hydrogen-bond acceptors (Lipinski definition) is 5. The van der Waals surface area contributed by atoms with Crippen molar-refractivity contribution in [2.24, 2.45) is 0 Å². The number of rotatable bonds is 8. The van der Waals surface area contributed by atoms with Gasteiger partial charge in [-0.15, -0.1) is 0 Å². The first kappa shape index (κ1) is 16.8. The molecular weight excluding hydrogens is 272 g/mol. The van der Waals surface area contributed by atoms with Crippen LogP contribution in [0.4, 0.5) is 0 Å². The molecular formula is C16H20O5. The minimum Gasteiger partial charge on any atom is -0.501 e. The van der Waals surface area contributed by atoms with Crippen LogP contribution in [0, 0.1) is 0 Å². The van der Waals surface area contributed by atoms with Gasteiger partial charge in [-0.1, -0.05) is 12.1 Å². The van der Waals surface area contributed by atoms with Crippen LogP contribution in [-0.4, -0.2) is 33.1 Å². The molecule has 0 saturated heterocycles. The van der Waals surface area contributed by atoms with Crippen molar-refractivity contribution in [3.05, 3.63) is 41.7 Å². The predicted molar refractivity (Wildman–Crippen MR) is 78.0 cm³/mol. The molecule has 0 atom stereocenters. The summed E-state index contributed by atoms with van der Waals surface area (Å²) in [4.78, 5) is 23.0. The Kier molecular flexibility index (Phi) is 7.01. The fourth-order valence-corrected chi connectivity index (χ4v) is 1.75. The van der Waals surface area contributed by atoms with Crippen molar-refractivity contribution in [2.45, 2.75) is 19.3 Å². The van der Waals surface area contributed by atoms with Gasteiger partial charge in [-0.25, -0.2) is 4.79 Å². The second kappa shape index (κ2) is 8.79. The summed E-state index contributed by atoms with van der Waals surface area (Å²) in [7, 11) is 4.35. The Morgan fingerprint density at radius 3 is 2.19 bits per heavy atom. The first-order chi connectivity index (χ1) is 10.1. The van der Waals surface area contributed by atoms with E-state index in [4.69, 9.17) is 9.47 Å². The number of methoxy groups -OCH3 is 3. The highest BCUT2D eigenvalue weighted by Gasteiger charge is 2.08. The molecule has 1 rings (SSSR count). The molecule has 0 aliphatic rings. The van der Waals surface area contributed by atoms with Gasteiger partial charge in [0.25, 0.3) is 0 Å². The van der Waals surface area contributed by atoms with E-state index in [1.807, 2.05) is 24.3 Å². The van der Waals surface area contributed by atoms with Gasteiger partial charge in [-0.3, -0.25) is 4.79 Å². The lowest BCUT2D eigenvalue weighted by atomic mass is 10.0. The van der Waals surface area contributed by atoms with Crippen LogP contribution in [0.25, 0.3) is 0 Å². The van der Waals surface area contributed by atoms with Crippen molar-refractivity contribution in [1.29, 1.82) is 0 Å². The van der Waals surface area contributed by atoms with Crippen LogP contribution in [-0.2, 0) is 25.5 Å². The molecule has 0 unspecified atom stereocenters. The Morgan fingerprint density at radius 1 is 1.00 bits per heavy atom. The molecule has 0 aromatic heterocycles. The molecule has 0 amide bonds. The van der Waals surface area contributed by atoms with Gasteiger partial charge in [0.15, 0.2) is 0 Å². The van der Waals surface area contributed by atoms with Crippen LogP contribution in [0.3, 0.4) is 0 Å². The quantitative estimate of drug-likeness (QED) is 0.418. The Morgan fingerprint density at radius 2 is 1.67 bits per heavy atom. The Labute approximate surface area is 124 Å². The Hall–Kier alpha value is -2.30. The largest absolute Gasteiger partial charge is 0.501 e. The van der Waals surface area contributed by atoms with E-state index in [0.29, 0.717) is 25.0 Å². The summed E-state index contributed by atoms with van der Waals surface area (Å²) in [5.41, 5.74) is 0.928. The molecule has 0 saturated carbocycles. The lowest BCUT2D eigenvalue weighted by Crippen LogP contribution is -2.05. The fraction of sp³-hybridized carbons (Fsp3) is 0.375. The van der Waals surface area contributed by atoms with Gasteiger partial charge < -0.3 is 14.2 Å². The summed E-state index contributed by atoms with van der Waals surface area (Å²) in [5, 5.41) is 0. The summed E-state index contributed by atoms with van der Waals surface area (Å²) in [6, 6.07) is 7.36. The molecule has 0 aliphatic heterocycles. The molecule has 1 aromatic rings. The standard InChI is InChI=1S/C16H20O5/c1-19-14-7-4-12(5-8-14)10-13(17)6-9-15(20-2)11-16(18)21-3/h4-5,7-8,11H,6,9-10H2,1-3H3/b15-11+. The third-order valence-corrected chi connectivity index (χ3v) is 2.95. The number of hydrogen-bond donors (Lipinski definition) is 0. The van der Waals surface area contributed by atoms with Gasteiger partial charge in [0.1, 0.15) is 17.3 Å². The van der Waals surface area contributed by atoms with Gasteiger partial charge in [0.2, 0.25) is 0 Å². The molecule has 0 aliphatic carbocycles. The molecule has 0 radical (unpaired) electrons. The van der Waals surface area contributed by atoms with Gasteiger partial charge in [0.05, 0.1) is 27.4 Å². The highest BCUT2D eigenvalue weighted by atomic mass is 16.5. The number of esters is 1.